The Balaban J connectivity index is 2.02. The summed E-state index contributed by atoms with van der Waals surface area (Å²) in [7, 11) is 0. The molecule has 0 atom stereocenters. The Morgan fingerprint density at radius 1 is 1.20 bits per heavy atom. The Morgan fingerprint density at radius 2 is 2.00 bits per heavy atom. The zero-order valence-electron chi connectivity index (χ0n) is 10.3. The molecule has 1 aromatic heterocycles. The van der Waals surface area contributed by atoms with Crippen molar-refractivity contribution in [3.05, 3.63) is 64.4 Å². The zero-order valence-corrected chi connectivity index (χ0v) is 11.2. The SMILES string of the molecule is O=C(O)c1c(F)cccc1Cc1nc2ccccc2s1. The van der Waals surface area contributed by atoms with E-state index in [1.165, 1.54) is 17.4 Å². The van der Waals surface area contributed by atoms with Crippen LogP contribution in [0.3, 0.4) is 0 Å². The van der Waals surface area contributed by atoms with E-state index in [0.29, 0.717) is 12.0 Å². The molecule has 3 aromatic rings. The zero-order chi connectivity index (χ0) is 14.1. The second-order valence-electron chi connectivity index (χ2n) is 4.33. The maximum atomic E-state index is 13.6. The van der Waals surface area contributed by atoms with E-state index in [1.54, 1.807) is 6.07 Å². The molecule has 0 saturated heterocycles. The van der Waals surface area contributed by atoms with Gasteiger partial charge in [0.25, 0.3) is 0 Å². The summed E-state index contributed by atoms with van der Waals surface area (Å²) >= 11 is 1.49. The van der Waals surface area contributed by atoms with Crippen molar-refractivity contribution in [2.24, 2.45) is 0 Å². The van der Waals surface area contributed by atoms with Crippen LogP contribution in [0.15, 0.2) is 42.5 Å². The molecular formula is C15H10FNO2S. The van der Waals surface area contributed by atoms with Crippen molar-refractivity contribution in [2.45, 2.75) is 6.42 Å². The minimum absolute atomic E-state index is 0.272. The maximum absolute atomic E-state index is 13.6. The average Bonchev–Trinajstić information content (AvgIpc) is 2.80. The lowest BCUT2D eigenvalue weighted by Crippen LogP contribution is -2.06. The third-order valence-electron chi connectivity index (χ3n) is 2.99. The summed E-state index contributed by atoms with van der Waals surface area (Å²) in [5, 5.41) is 9.88. The average molecular weight is 287 g/mol. The van der Waals surface area contributed by atoms with Gasteiger partial charge in [0, 0.05) is 6.42 Å². The van der Waals surface area contributed by atoms with Crippen LogP contribution in [0.5, 0.6) is 0 Å². The van der Waals surface area contributed by atoms with Crippen LogP contribution in [0.1, 0.15) is 20.9 Å². The highest BCUT2D eigenvalue weighted by Crippen LogP contribution is 2.25. The van der Waals surface area contributed by atoms with Crippen LogP contribution in [0, 0.1) is 5.82 Å². The summed E-state index contributed by atoms with van der Waals surface area (Å²) < 4.78 is 14.6. The van der Waals surface area contributed by atoms with Crippen LogP contribution in [0.4, 0.5) is 4.39 Å². The quantitative estimate of drug-likeness (QED) is 0.798. The minimum Gasteiger partial charge on any atom is -0.478 e. The van der Waals surface area contributed by atoms with Gasteiger partial charge in [0.2, 0.25) is 0 Å². The third kappa shape index (κ3) is 2.28. The van der Waals surface area contributed by atoms with Gasteiger partial charge in [0.1, 0.15) is 5.82 Å². The molecule has 0 radical (unpaired) electrons. The molecule has 0 bridgehead atoms. The van der Waals surface area contributed by atoms with Crippen molar-refractivity contribution in [3.63, 3.8) is 0 Å². The maximum Gasteiger partial charge on any atom is 0.338 e. The number of para-hydroxylation sites is 1. The molecule has 0 unspecified atom stereocenters. The number of carboxylic acid groups (broad SMARTS) is 1. The number of benzene rings is 2. The molecule has 100 valence electrons. The summed E-state index contributed by atoms with van der Waals surface area (Å²) in [6, 6.07) is 12.0. The molecule has 20 heavy (non-hydrogen) atoms. The molecule has 0 fully saturated rings. The minimum atomic E-state index is -1.25. The second-order valence-corrected chi connectivity index (χ2v) is 5.45. The highest BCUT2D eigenvalue weighted by Gasteiger charge is 2.16. The molecule has 0 aliphatic heterocycles. The van der Waals surface area contributed by atoms with Gasteiger partial charge in [-0.1, -0.05) is 24.3 Å². The Morgan fingerprint density at radius 3 is 2.75 bits per heavy atom. The number of aromatic carboxylic acids is 1. The van der Waals surface area contributed by atoms with Crippen molar-refractivity contribution >= 4 is 27.5 Å². The first-order valence-electron chi connectivity index (χ1n) is 6.00. The van der Waals surface area contributed by atoms with Gasteiger partial charge >= 0.3 is 5.97 Å². The molecule has 2 aromatic carbocycles. The second kappa shape index (κ2) is 5.02. The lowest BCUT2D eigenvalue weighted by molar-refractivity contribution is 0.0691. The number of nitrogens with zero attached hydrogens (tertiary/aromatic N) is 1. The summed E-state index contributed by atoms with van der Waals surface area (Å²) in [5.41, 5.74) is 1.05. The fourth-order valence-corrected chi connectivity index (χ4v) is 3.10. The Hall–Kier alpha value is -2.27. The van der Waals surface area contributed by atoms with Crippen molar-refractivity contribution in [1.82, 2.24) is 4.98 Å². The molecule has 0 spiro atoms. The van der Waals surface area contributed by atoms with Gasteiger partial charge in [0.05, 0.1) is 20.8 Å². The fraction of sp³-hybridized carbons (Fsp3) is 0.0667. The molecule has 3 nitrogen and oxygen atoms in total. The van der Waals surface area contributed by atoms with E-state index in [0.717, 1.165) is 21.3 Å². The number of fused-ring (bicyclic) bond motifs is 1. The summed E-state index contributed by atoms with van der Waals surface area (Å²) in [4.78, 5) is 15.6. The van der Waals surface area contributed by atoms with Gasteiger partial charge in [0.15, 0.2) is 0 Å². The number of thiazole rings is 1. The molecular weight excluding hydrogens is 277 g/mol. The van der Waals surface area contributed by atoms with E-state index in [1.807, 2.05) is 24.3 Å². The number of aromatic nitrogens is 1. The Labute approximate surface area is 118 Å². The van der Waals surface area contributed by atoms with Gasteiger partial charge < -0.3 is 5.11 Å². The largest absolute Gasteiger partial charge is 0.478 e. The molecule has 0 aliphatic carbocycles. The Kier molecular flexibility index (Phi) is 3.20. The fourth-order valence-electron chi connectivity index (χ4n) is 2.11. The third-order valence-corrected chi connectivity index (χ3v) is 4.03. The molecule has 5 heteroatoms. The van der Waals surface area contributed by atoms with Crippen LogP contribution in [-0.2, 0) is 6.42 Å². The topological polar surface area (TPSA) is 50.2 Å². The van der Waals surface area contributed by atoms with Crippen molar-refractivity contribution in [1.29, 1.82) is 0 Å². The van der Waals surface area contributed by atoms with E-state index in [2.05, 4.69) is 4.98 Å². The highest BCUT2D eigenvalue weighted by atomic mass is 32.1. The van der Waals surface area contributed by atoms with Crippen molar-refractivity contribution in [3.8, 4) is 0 Å². The number of rotatable bonds is 3. The van der Waals surface area contributed by atoms with Crippen LogP contribution in [-0.4, -0.2) is 16.1 Å². The molecule has 1 heterocycles. The van der Waals surface area contributed by atoms with E-state index in [9.17, 15) is 9.18 Å². The van der Waals surface area contributed by atoms with E-state index >= 15 is 0 Å². The standard InChI is InChI=1S/C15H10FNO2S/c16-10-5-3-4-9(14(10)15(18)19)8-13-17-11-6-1-2-7-12(11)20-13/h1-7H,8H2,(H,18,19). The van der Waals surface area contributed by atoms with Gasteiger partial charge in [-0.3, -0.25) is 0 Å². The first-order valence-corrected chi connectivity index (χ1v) is 6.82. The van der Waals surface area contributed by atoms with E-state index in [-0.39, 0.29) is 5.56 Å². The van der Waals surface area contributed by atoms with Crippen LogP contribution >= 0.6 is 11.3 Å². The lowest BCUT2D eigenvalue weighted by Gasteiger charge is -2.04. The number of carbonyl (C=O) groups is 1. The molecule has 3 rings (SSSR count). The molecule has 0 aliphatic rings. The van der Waals surface area contributed by atoms with Crippen molar-refractivity contribution in [2.75, 3.05) is 0 Å². The van der Waals surface area contributed by atoms with Gasteiger partial charge in [-0.25, -0.2) is 14.2 Å². The van der Waals surface area contributed by atoms with Gasteiger partial charge in [-0.15, -0.1) is 11.3 Å². The van der Waals surface area contributed by atoms with Crippen LogP contribution in [0.2, 0.25) is 0 Å². The predicted molar refractivity (Wildman–Crippen MR) is 75.8 cm³/mol. The summed E-state index contributed by atoms with van der Waals surface area (Å²) in [6.45, 7) is 0. The normalized spacial score (nSPS) is 10.8. The molecule has 0 saturated carbocycles. The number of carboxylic acids is 1. The van der Waals surface area contributed by atoms with E-state index < -0.39 is 11.8 Å². The number of hydrogen-bond acceptors (Lipinski definition) is 3. The van der Waals surface area contributed by atoms with Crippen LogP contribution in [0.25, 0.3) is 10.2 Å². The smallest absolute Gasteiger partial charge is 0.338 e. The van der Waals surface area contributed by atoms with Crippen molar-refractivity contribution < 1.29 is 14.3 Å². The summed E-state index contributed by atoms with van der Waals surface area (Å²) in [6.07, 6.45) is 0.318. The van der Waals surface area contributed by atoms with Gasteiger partial charge in [-0.2, -0.15) is 0 Å². The first-order chi connectivity index (χ1) is 9.65. The van der Waals surface area contributed by atoms with Crippen LogP contribution < -0.4 is 0 Å². The molecule has 0 amide bonds. The van der Waals surface area contributed by atoms with Gasteiger partial charge in [-0.05, 0) is 23.8 Å². The number of hydrogen-bond donors (Lipinski definition) is 1. The highest BCUT2D eigenvalue weighted by molar-refractivity contribution is 7.18. The molecule has 1 N–H and O–H groups in total. The number of halogens is 1. The Bertz CT molecular complexity index is 764. The van der Waals surface area contributed by atoms with E-state index in [4.69, 9.17) is 5.11 Å². The monoisotopic (exact) mass is 287 g/mol. The first kappa shape index (κ1) is 12.7. The predicted octanol–water partition coefficient (Wildman–Crippen LogP) is 3.72. The summed E-state index contributed by atoms with van der Waals surface area (Å²) in [5.74, 6) is -1.96. The lowest BCUT2D eigenvalue weighted by atomic mass is 10.0.